The van der Waals surface area contributed by atoms with Crippen LogP contribution < -0.4 is 11.1 Å². The summed E-state index contributed by atoms with van der Waals surface area (Å²) in [6.45, 7) is 7.69. The highest BCUT2D eigenvalue weighted by molar-refractivity contribution is 5.82. The molecule has 1 amide bonds. The number of hydrogen-bond acceptors (Lipinski definition) is 3. The molecule has 0 radical (unpaired) electrons. The van der Waals surface area contributed by atoms with Crippen molar-refractivity contribution in [2.24, 2.45) is 17.1 Å². The summed E-state index contributed by atoms with van der Waals surface area (Å²) in [6.07, 6.45) is 1.03. The maximum absolute atomic E-state index is 11.8. The van der Waals surface area contributed by atoms with Crippen LogP contribution in [0.3, 0.4) is 0 Å². The van der Waals surface area contributed by atoms with Crippen molar-refractivity contribution in [1.82, 2.24) is 5.32 Å². The van der Waals surface area contributed by atoms with Crippen molar-refractivity contribution in [1.29, 1.82) is 0 Å². The Morgan fingerprint density at radius 2 is 2.33 bits per heavy atom. The van der Waals surface area contributed by atoms with E-state index in [1.165, 1.54) is 0 Å². The van der Waals surface area contributed by atoms with Gasteiger partial charge in [0.1, 0.15) is 0 Å². The van der Waals surface area contributed by atoms with Crippen molar-refractivity contribution >= 4 is 5.91 Å². The molecule has 1 fully saturated rings. The molecule has 0 aromatic rings. The van der Waals surface area contributed by atoms with E-state index in [-0.39, 0.29) is 11.9 Å². The molecular weight excluding hydrogens is 192 g/mol. The number of nitrogens with one attached hydrogen (secondary N) is 1. The van der Waals surface area contributed by atoms with E-state index < -0.39 is 5.41 Å². The first-order valence-corrected chi connectivity index (χ1v) is 5.56. The van der Waals surface area contributed by atoms with Gasteiger partial charge in [-0.15, -0.1) is 0 Å². The van der Waals surface area contributed by atoms with Gasteiger partial charge in [0.25, 0.3) is 0 Å². The van der Waals surface area contributed by atoms with Gasteiger partial charge in [0.2, 0.25) is 5.91 Å². The van der Waals surface area contributed by atoms with Gasteiger partial charge in [-0.2, -0.15) is 0 Å². The minimum Gasteiger partial charge on any atom is -0.381 e. The predicted octanol–water partition coefficient (Wildman–Crippen LogP) is 0.513. The Bertz CT molecular complexity index is 223. The van der Waals surface area contributed by atoms with Crippen LogP contribution in [0.4, 0.5) is 0 Å². The van der Waals surface area contributed by atoms with Gasteiger partial charge in [0.15, 0.2) is 0 Å². The minimum absolute atomic E-state index is 0.0319. The van der Waals surface area contributed by atoms with Crippen LogP contribution in [0.1, 0.15) is 27.2 Å². The van der Waals surface area contributed by atoms with Gasteiger partial charge in [-0.3, -0.25) is 4.79 Å². The molecule has 1 rings (SSSR count). The number of rotatable bonds is 4. The second-order valence-electron chi connectivity index (χ2n) is 4.97. The van der Waals surface area contributed by atoms with Crippen LogP contribution in [-0.4, -0.2) is 31.7 Å². The van der Waals surface area contributed by atoms with Crippen molar-refractivity contribution in [2.75, 3.05) is 19.8 Å². The molecule has 0 aromatic heterocycles. The van der Waals surface area contributed by atoms with Crippen molar-refractivity contribution in [3.05, 3.63) is 0 Å². The predicted molar refractivity (Wildman–Crippen MR) is 59.4 cm³/mol. The lowest BCUT2D eigenvalue weighted by Crippen LogP contribution is -2.47. The normalized spacial score (nSPS) is 23.9. The van der Waals surface area contributed by atoms with Gasteiger partial charge in [-0.05, 0) is 27.2 Å². The van der Waals surface area contributed by atoms with Crippen molar-refractivity contribution in [3.63, 3.8) is 0 Å². The molecule has 2 atom stereocenters. The van der Waals surface area contributed by atoms with Crippen molar-refractivity contribution in [3.8, 4) is 0 Å². The highest BCUT2D eigenvalue weighted by atomic mass is 16.5. The van der Waals surface area contributed by atoms with Crippen LogP contribution in [0.25, 0.3) is 0 Å². The van der Waals surface area contributed by atoms with E-state index in [9.17, 15) is 4.79 Å². The zero-order chi connectivity index (χ0) is 11.5. The van der Waals surface area contributed by atoms with Gasteiger partial charge in [0.05, 0.1) is 12.0 Å². The summed E-state index contributed by atoms with van der Waals surface area (Å²) in [5, 5.41) is 3.01. The van der Waals surface area contributed by atoms with Gasteiger partial charge < -0.3 is 15.8 Å². The maximum atomic E-state index is 11.8. The lowest BCUT2D eigenvalue weighted by atomic mass is 9.91. The van der Waals surface area contributed by atoms with Crippen LogP contribution in [0.5, 0.6) is 0 Å². The third-order valence-electron chi connectivity index (χ3n) is 3.16. The van der Waals surface area contributed by atoms with Crippen LogP contribution in [0, 0.1) is 11.3 Å². The molecule has 0 spiro atoms. The topological polar surface area (TPSA) is 64.4 Å². The fourth-order valence-electron chi connectivity index (χ4n) is 1.56. The molecule has 4 heteroatoms. The highest BCUT2D eigenvalue weighted by Gasteiger charge is 2.30. The first-order chi connectivity index (χ1) is 6.97. The smallest absolute Gasteiger partial charge is 0.227 e. The molecule has 0 saturated carbocycles. The van der Waals surface area contributed by atoms with Crippen molar-refractivity contribution < 1.29 is 9.53 Å². The van der Waals surface area contributed by atoms with E-state index in [1.807, 2.05) is 20.8 Å². The third-order valence-corrected chi connectivity index (χ3v) is 3.16. The Labute approximate surface area is 91.5 Å². The van der Waals surface area contributed by atoms with Crippen LogP contribution in [-0.2, 0) is 9.53 Å². The average Bonchev–Trinajstić information content (AvgIpc) is 2.70. The molecule has 3 N–H and O–H groups in total. The second-order valence-corrected chi connectivity index (χ2v) is 4.97. The second kappa shape index (κ2) is 4.94. The molecule has 0 aromatic carbocycles. The number of ether oxygens (including phenoxy) is 1. The fraction of sp³-hybridized carbons (Fsp3) is 0.909. The van der Waals surface area contributed by atoms with E-state index in [4.69, 9.17) is 10.5 Å². The molecular formula is C11H22N2O2. The maximum Gasteiger partial charge on any atom is 0.227 e. The summed E-state index contributed by atoms with van der Waals surface area (Å²) < 4.78 is 5.30. The largest absolute Gasteiger partial charge is 0.381 e. The number of carbonyl (C=O) groups is 1. The number of amides is 1. The molecule has 88 valence electrons. The Balaban J connectivity index is 2.43. The van der Waals surface area contributed by atoms with Gasteiger partial charge >= 0.3 is 0 Å². The summed E-state index contributed by atoms with van der Waals surface area (Å²) in [7, 11) is 0. The third kappa shape index (κ3) is 3.18. The molecule has 15 heavy (non-hydrogen) atoms. The zero-order valence-corrected chi connectivity index (χ0v) is 9.88. The lowest BCUT2D eigenvalue weighted by Gasteiger charge is -2.26. The van der Waals surface area contributed by atoms with Gasteiger partial charge in [0, 0.05) is 25.1 Å². The molecule has 0 aliphatic carbocycles. The summed E-state index contributed by atoms with van der Waals surface area (Å²) >= 11 is 0. The number of nitrogens with two attached hydrogens (primary N) is 1. The molecule has 2 unspecified atom stereocenters. The van der Waals surface area contributed by atoms with Crippen LogP contribution >= 0.6 is 0 Å². The van der Waals surface area contributed by atoms with Gasteiger partial charge in [-0.1, -0.05) is 0 Å². The van der Waals surface area contributed by atoms with Crippen LogP contribution in [0.15, 0.2) is 0 Å². The summed E-state index contributed by atoms with van der Waals surface area (Å²) in [5.41, 5.74) is 5.07. The molecule has 1 aliphatic rings. The minimum atomic E-state index is -0.478. The Morgan fingerprint density at radius 3 is 2.80 bits per heavy atom. The average molecular weight is 214 g/mol. The van der Waals surface area contributed by atoms with E-state index >= 15 is 0 Å². The molecule has 1 heterocycles. The van der Waals surface area contributed by atoms with Crippen molar-refractivity contribution in [2.45, 2.75) is 33.2 Å². The molecule has 1 aliphatic heterocycles. The summed E-state index contributed by atoms with van der Waals surface area (Å²) in [5.74, 6) is 0.479. The Morgan fingerprint density at radius 1 is 1.67 bits per heavy atom. The van der Waals surface area contributed by atoms with Gasteiger partial charge in [-0.25, -0.2) is 0 Å². The summed E-state index contributed by atoms with van der Waals surface area (Å²) in [6, 6.07) is 0.172. The highest BCUT2D eigenvalue weighted by Crippen LogP contribution is 2.18. The zero-order valence-electron chi connectivity index (χ0n) is 9.88. The molecule has 0 bridgehead atoms. The van der Waals surface area contributed by atoms with E-state index in [1.54, 1.807) is 0 Å². The molecule has 1 saturated heterocycles. The first-order valence-electron chi connectivity index (χ1n) is 5.56. The molecule has 4 nitrogen and oxygen atoms in total. The lowest BCUT2D eigenvalue weighted by molar-refractivity contribution is -0.129. The van der Waals surface area contributed by atoms with E-state index in [2.05, 4.69) is 5.32 Å². The SMILES string of the molecule is CC(NC(=O)C(C)(C)CN)C1CCOC1. The monoisotopic (exact) mass is 214 g/mol. The quantitative estimate of drug-likeness (QED) is 0.717. The number of hydrogen-bond donors (Lipinski definition) is 2. The number of carbonyl (C=O) groups excluding carboxylic acids is 1. The summed E-state index contributed by atoms with van der Waals surface area (Å²) in [4.78, 5) is 11.8. The van der Waals surface area contributed by atoms with Crippen LogP contribution in [0.2, 0.25) is 0 Å². The Kier molecular flexibility index (Phi) is 4.11. The Hall–Kier alpha value is -0.610. The fourth-order valence-corrected chi connectivity index (χ4v) is 1.56. The van der Waals surface area contributed by atoms with E-state index in [0.717, 1.165) is 19.6 Å². The van der Waals surface area contributed by atoms with E-state index in [0.29, 0.717) is 12.5 Å². The standard InChI is InChI=1S/C11H22N2O2/c1-8(9-4-5-15-6-9)13-10(14)11(2,3)7-12/h8-9H,4-7,12H2,1-3H3,(H,13,14). The first kappa shape index (κ1) is 12.5.